The molecular weight excluding hydrogens is 216 g/mol. The Labute approximate surface area is 103 Å². The van der Waals surface area contributed by atoms with Gasteiger partial charge in [0.15, 0.2) is 0 Å². The molecule has 0 aromatic heterocycles. The predicted octanol–water partition coefficient (Wildman–Crippen LogP) is 2.67. The number of benzene rings is 1. The molecule has 1 aromatic rings. The Kier molecular flexibility index (Phi) is 4.97. The second-order valence-electron chi connectivity index (χ2n) is 4.87. The Morgan fingerprint density at radius 1 is 1.29 bits per heavy atom. The van der Waals surface area contributed by atoms with Gasteiger partial charge in [-0.25, -0.2) is 0 Å². The molecule has 1 aromatic carbocycles. The smallest absolute Gasteiger partial charge is 0.125 e. The molecule has 0 saturated carbocycles. The molecule has 96 valence electrons. The highest BCUT2D eigenvalue weighted by Gasteiger charge is 2.14. The first kappa shape index (κ1) is 14.0. The summed E-state index contributed by atoms with van der Waals surface area (Å²) in [5, 5.41) is 19.4. The van der Waals surface area contributed by atoms with Crippen molar-refractivity contribution in [3.63, 3.8) is 0 Å². The molecule has 0 heterocycles. The number of rotatable bonds is 6. The van der Waals surface area contributed by atoms with Gasteiger partial charge in [-0.05, 0) is 26.3 Å². The summed E-state index contributed by atoms with van der Waals surface area (Å²) in [5.74, 6) is 0.700. The molecule has 0 unspecified atom stereocenters. The van der Waals surface area contributed by atoms with E-state index < -0.39 is 11.7 Å². The Morgan fingerprint density at radius 2 is 1.94 bits per heavy atom. The number of aliphatic hydroxyl groups is 2. The minimum absolute atomic E-state index is 0.441. The number of para-hydroxylation sites is 1. The van der Waals surface area contributed by atoms with Crippen LogP contribution in [0.15, 0.2) is 24.3 Å². The number of ether oxygens (including phenoxy) is 1. The van der Waals surface area contributed by atoms with E-state index in [2.05, 4.69) is 0 Å². The fraction of sp³-hybridized carbons (Fsp3) is 0.571. The second kappa shape index (κ2) is 6.03. The van der Waals surface area contributed by atoms with E-state index in [-0.39, 0.29) is 0 Å². The second-order valence-corrected chi connectivity index (χ2v) is 4.87. The lowest BCUT2D eigenvalue weighted by molar-refractivity contribution is 0.0547. The van der Waals surface area contributed by atoms with Gasteiger partial charge in [0.05, 0.1) is 18.3 Å². The molecule has 0 bridgehead atoms. The van der Waals surface area contributed by atoms with Crippen molar-refractivity contribution in [3.05, 3.63) is 29.8 Å². The molecule has 0 fully saturated rings. The summed E-state index contributed by atoms with van der Waals surface area (Å²) in [5.41, 5.74) is 0.0870. The third kappa shape index (κ3) is 4.75. The van der Waals surface area contributed by atoms with Gasteiger partial charge < -0.3 is 14.9 Å². The molecule has 1 atom stereocenters. The number of hydrogen-bond donors (Lipinski definition) is 2. The molecule has 2 N–H and O–H groups in total. The zero-order valence-corrected chi connectivity index (χ0v) is 10.8. The van der Waals surface area contributed by atoms with Gasteiger partial charge in [0, 0.05) is 12.0 Å². The molecule has 17 heavy (non-hydrogen) atoms. The highest BCUT2D eigenvalue weighted by atomic mass is 16.5. The Bertz CT molecular complexity index is 342. The monoisotopic (exact) mass is 238 g/mol. The van der Waals surface area contributed by atoms with Gasteiger partial charge in [-0.3, -0.25) is 0 Å². The van der Waals surface area contributed by atoms with Gasteiger partial charge in [0.1, 0.15) is 5.75 Å². The van der Waals surface area contributed by atoms with Crippen LogP contribution in [0.4, 0.5) is 0 Å². The van der Waals surface area contributed by atoms with Crippen molar-refractivity contribution in [1.29, 1.82) is 0 Å². The first-order valence-electron chi connectivity index (χ1n) is 6.06. The summed E-state index contributed by atoms with van der Waals surface area (Å²) in [7, 11) is 0. The van der Waals surface area contributed by atoms with E-state index in [1.54, 1.807) is 13.8 Å². The van der Waals surface area contributed by atoms with E-state index in [0.717, 1.165) is 5.56 Å². The van der Waals surface area contributed by atoms with Gasteiger partial charge >= 0.3 is 0 Å². The standard InChI is InChI=1S/C14H22O3/c1-4-12(15)11-7-5-6-8-13(11)17-10-9-14(2,3)16/h5-8,12,15-16H,4,9-10H2,1-3H3/t12-/m1/s1. The molecule has 0 aliphatic rings. The Morgan fingerprint density at radius 3 is 2.53 bits per heavy atom. The van der Waals surface area contributed by atoms with Crippen LogP contribution in [0.25, 0.3) is 0 Å². The highest BCUT2D eigenvalue weighted by molar-refractivity contribution is 5.34. The maximum atomic E-state index is 9.84. The lowest BCUT2D eigenvalue weighted by Crippen LogP contribution is -2.22. The van der Waals surface area contributed by atoms with Crippen LogP contribution in [0.5, 0.6) is 5.75 Å². The number of hydrogen-bond acceptors (Lipinski definition) is 3. The van der Waals surface area contributed by atoms with Crippen LogP contribution < -0.4 is 4.74 Å². The maximum Gasteiger partial charge on any atom is 0.125 e. The van der Waals surface area contributed by atoms with E-state index in [9.17, 15) is 10.2 Å². The molecule has 3 heteroatoms. The molecule has 0 aliphatic heterocycles. The zero-order valence-electron chi connectivity index (χ0n) is 10.8. The summed E-state index contributed by atoms with van der Waals surface area (Å²) in [6.45, 7) is 5.88. The van der Waals surface area contributed by atoms with Crippen molar-refractivity contribution < 1.29 is 14.9 Å². The van der Waals surface area contributed by atoms with Crippen LogP contribution >= 0.6 is 0 Å². The van der Waals surface area contributed by atoms with Crippen LogP contribution in [0.3, 0.4) is 0 Å². The summed E-state index contributed by atoms with van der Waals surface area (Å²) >= 11 is 0. The molecule has 0 saturated heterocycles. The van der Waals surface area contributed by atoms with Crippen LogP contribution in [-0.2, 0) is 0 Å². The third-order valence-electron chi connectivity index (χ3n) is 2.64. The summed E-state index contributed by atoms with van der Waals surface area (Å²) < 4.78 is 5.62. The topological polar surface area (TPSA) is 49.7 Å². The van der Waals surface area contributed by atoms with Crippen molar-refractivity contribution in [2.75, 3.05) is 6.61 Å². The van der Waals surface area contributed by atoms with Gasteiger partial charge in [-0.2, -0.15) is 0 Å². The predicted molar refractivity (Wildman–Crippen MR) is 68.1 cm³/mol. The van der Waals surface area contributed by atoms with Crippen molar-refractivity contribution in [3.8, 4) is 5.75 Å². The van der Waals surface area contributed by atoms with Crippen LogP contribution in [0, 0.1) is 0 Å². The van der Waals surface area contributed by atoms with E-state index in [1.807, 2.05) is 31.2 Å². The van der Waals surface area contributed by atoms with Crippen molar-refractivity contribution in [2.45, 2.75) is 45.3 Å². The van der Waals surface area contributed by atoms with Gasteiger partial charge in [-0.15, -0.1) is 0 Å². The highest BCUT2D eigenvalue weighted by Crippen LogP contribution is 2.27. The van der Waals surface area contributed by atoms with E-state index in [0.29, 0.717) is 25.2 Å². The average Bonchev–Trinajstić information content (AvgIpc) is 2.27. The summed E-state index contributed by atoms with van der Waals surface area (Å²) in [4.78, 5) is 0. The number of aliphatic hydroxyl groups excluding tert-OH is 1. The van der Waals surface area contributed by atoms with Crippen LogP contribution in [0.2, 0.25) is 0 Å². The van der Waals surface area contributed by atoms with Gasteiger partial charge in [-0.1, -0.05) is 25.1 Å². The maximum absolute atomic E-state index is 9.84. The lowest BCUT2D eigenvalue weighted by atomic mass is 10.1. The van der Waals surface area contributed by atoms with Crippen molar-refractivity contribution in [1.82, 2.24) is 0 Å². The quantitative estimate of drug-likeness (QED) is 0.801. The zero-order chi connectivity index (χ0) is 12.9. The molecule has 0 radical (unpaired) electrons. The fourth-order valence-corrected chi connectivity index (χ4v) is 1.52. The Balaban J connectivity index is 2.64. The molecular formula is C14H22O3. The van der Waals surface area contributed by atoms with Crippen LogP contribution in [0.1, 0.15) is 45.3 Å². The molecule has 3 nitrogen and oxygen atoms in total. The van der Waals surface area contributed by atoms with E-state index in [1.165, 1.54) is 0 Å². The van der Waals surface area contributed by atoms with Crippen LogP contribution in [-0.4, -0.2) is 22.4 Å². The SMILES string of the molecule is CC[C@@H](O)c1ccccc1OCCC(C)(C)O. The third-order valence-corrected chi connectivity index (χ3v) is 2.64. The minimum atomic E-state index is -0.724. The fourth-order valence-electron chi connectivity index (χ4n) is 1.52. The van der Waals surface area contributed by atoms with E-state index in [4.69, 9.17) is 4.74 Å². The Hall–Kier alpha value is -1.06. The molecule has 1 rings (SSSR count). The largest absolute Gasteiger partial charge is 0.493 e. The summed E-state index contributed by atoms with van der Waals surface area (Å²) in [6.07, 6.45) is 0.725. The van der Waals surface area contributed by atoms with Gasteiger partial charge in [0.2, 0.25) is 0 Å². The van der Waals surface area contributed by atoms with Crippen molar-refractivity contribution in [2.24, 2.45) is 0 Å². The van der Waals surface area contributed by atoms with Gasteiger partial charge in [0.25, 0.3) is 0 Å². The molecule has 0 aliphatic carbocycles. The summed E-state index contributed by atoms with van der Waals surface area (Å²) in [6, 6.07) is 7.48. The normalized spacial score (nSPS) is 13.5. The molecule has 0 spiro atoms. The van der Waals surface area contributed by atoms with E-state index >= 15 is 0 Å². The van der Waals surface area contributed by atoms with Crippen molar-refractivity contribution >= 4 is 0 Å². The average molecular weight is 238 g/mol. The minimum Gasteiger partial charge on any atom is -0.493 e. The first-order chi connectivity index (χ1) is 7.94. The lowest BCUT2D eigenvalue weighted by Gasteiger charge is -2.19. The first-order valence-corrected chi connectivity index (χ1v) is 6.06. The molecule has 0 amide bonds.